The average Bonchev–Trinajstić information content (AvgIpc) is 2.99. The smallest absolute Gasteiger partial charge is 0.230 e. The second kappa shape index (κ2) is 8.90. The summed E-state index contributed by atoms with van der Waals surface area (Å²) < 4.78 is 2.10. The highest BCUT2D eigenvalue weighted by Gasteiger charge is 2.12. The van der Waals surface area contributed by atoms with Crippen LogP contribution in [0.2, 0.25) is 0 Å². The van der Waals surface area contributed by atoms with Crippen LogP contribution in [0.15, 0.2) is 53.7 Å². The van der Waals surface area contributed by atoms with Crippen LogP contribution in [0.25, 0.3) is 11.0 Å². The largest absolute Gasteiger partial charge is 0.355 e. The monoisotopic (exact) mass is 355 g/mol. The first kappa shape index (κ1) is 17.8. The van der Waals surface area contributed by atoms with Crippen molar-refractivity contribution in [3.63, 3.8) is 0 Å². The lowest BCUT2D eigenvalue weighted by Crippen LogP contribution is -2.26. The Bertz CT molecular complexity index is 778. The molecule has 25 heavy (non-hydrogen) atoms. The first-order chi connectivity index (χ1) is 12.3. The molecule has 5 heteroatoms. The molecular weight excluding hydrogens is 330 g/mol. The van der Waals surface area contributed by atoms with Crippen LogP contribution in [0.4, 0.5) is 0 Å². The van der Waals surface area contributed by atoms with E-state index >= 15 is 0 Å². The summed E-state index contributed by atoms with van der Waals surface area (Å²) in [6, 6.07) is 8.03. The number of hydrogen-bond donors (Lipinski definition) is 1. The van der Waals surface area contributed by atoms with Gasteiger partial charge in [0.25, 0.3) is 0 Å². The third-order valence-electron chi connectivity index (χ3n) is 4.42. The molecule has 1 aromatic heterocycles. The number of amides is 1. The van der Waals surface area contributed by atoms with Gasteiger partial charge < -0.3 is 9.88 Å². The molecule has 1 aromatic carbocycles. The number of hydrogen-bond acceptors (Lipinski definition) is 3. The molecule has 1 aliphatic carbocycles. The number of thioether (sulfide) groups is 1. The van der Waals surface area contributed by atoms with Crippen LogP contribution in [0.1, 0.15) is 32.1 Å². The number of nitrogens with one attached hydrogen (secondary N) is 1. The molecule has 0 saturated carbocycles. The second-order valence-corrected chi connectivity index (χ2v) is 7.22. The number of carbonyl (C=O) groups is 1. The molecule has 0 aliphatic heterocycles. The van der Waals surface area contributed by atoms with Gasteiger partial charge in [-0.1, -0.05) is 41.6 Å². The predicted octanol–water partition coefficient (Wildman–Crippen LogP) is 4.32. The molecule has 1 N–H and O–H groups in total. The Morgan fingerprint density at radius 1 is 1.36 bits per heavy atom. The summed E-state index contributed by atoms with van der Waals surface area (Å²) >= 11 is 1.48. The lowest BCUT2D eigenvalue weighted by Gasteiger charge is -2.13. The van der Waals surface area contributed by atoms with Crippen molar-refractivity contribution in [2.75, 3.05) is 12.3 Å². The Labute approximate surface area is 153 Å². The molecule has 1 aliphatic rings. The molecule has 0 bridgehead atoms. The van der Waals surface area contributed by atoms with E-state index in [0.717, 1.165) is 29.2 Å². The van der Waals surface area contributed by atoms with Gasteiger partial charge >= 0.3 is 0 Å². The molecule has 0 fully saturated rings. The van der Waals surface area contributed by atoms with Crippen LogP contribution in [0.3, 0.4) is 0 Å². The van der Waals surface area contributed by atoms with E-state index in [0.29, 0.717) is 12.3 Å². The molecule has 3 rings (SSSR count). The zero-order valence-electron chi connectivity index (χ0n) is 14.5. The molecule has 1 amide bonds. The van der Waals surface area contributed by atoms with E-state index < -0.39 is 0 Å². The highest BCUT2D eigenvalue weighted by molar-refractivity contribution is 7.99. The molecule has 0 saturated heterocycles. The van der Waals surface area contributed by atoms with E-state index in [1.165, 1.54) is 43.0 Å². The van der Waals surface area contributed by atoms with Gasteiger partial charge in [0.2, 0.25) is 5.91 Å². The Morgan fingerprint density at radius 2 is 2.24 bits per heavy atom. The molecule has 0 radical (unpaired) electrons. The number of fused-ring (bicyclic) bond motifs is 1. The van der Waals surface area contributed by atoms with Crippen LogP contribution in [-0.2, 0) is 11.3 Å². The molecular formula is C20H25N3OS. The molecule has 0 unspecified atom stereocenters. The summed E-state index contributed by atoms with van der Waals surface area (Å²) in [5, 5.41) is 3.89. The summed E-state index contributed by atoms with van der Waals surface area (Å²) in [5.41, 5.74) is 3.53. The van der Waals surface area contributed by atoms with Gasteiger partial charge in [-0.25, -0.2) is 4.98 Å². The van der Waals surface area contributed by atoms with E-state index in [1.807, 2.05) is 30.3 Å². The Kier molecular flexibility index (Phi) is 6.34. The fourth-order valence-electron chi connectivity index (χ4n) is 3.14. The number of allylic oxidation sites excluding steroid dienone is 2. The van der Waals surface area contributed by atoms with Crippen molar-refractivity contribution >= 4 is 28.7 Å². The van der Waals surface area contributed by atoms with Crippen LogP contribution in [0, 0.1) is 0 Å². The third-order valence-corrected chi connectivity index (χ3v) is 5.39. The zero-order chi connectivity index (χ0) is 17.5. The quantitative estimate of drug-likeness (QED) is 0.566. The maximum Gasteiger partial charge on any atom is 0.230 e. The highest BCUT2D eigenvalue weighted by Crippen LogP contribution is 2.24. The summed E-state index contributed by atoms with van der Waals surface area (Å²) in [6.45, 7) is 5.24. The fourth-order valence-corrected chi connectivity index (χ4v) is 4.00. The SMILES string of the molecule is C=CCn1c(SCC(=O)NCCC2=CCCCC2)nc2ccccc21. The minimum atomic E-state index is 0.0682. The van der Waals surface area contributed by atoms with E-state index in [2.05, 4.69) is 27.5 Å². The average molecular weight is 356 g/mol. The predicted molar refractivity (Wildman–Crippen MR) is 105 cm³/mol. The first-order valence-electron chi connectivity index (χ1n) is 8.91. The number of para-hydroxylation sites is 2. The number of carbonyl (C=O) groups excluding carboxylic acids is 1. The maximum absolute atomic E-state index is 12.1. The van der Waals surface area contributed by atoms with E-state index in [4.69, 9.17) is 0 Å². The van der Waals surface area contributed by atoms with Crippen molar-refractivity contribution in [3.8, 4) is 0 Å². The van der Waals surface area contributed by atoms with Crippen molar-refractivity contribution in [1.29, 1.82) is 0 Å². The normalized spacial score (nSPS) is 14.3. The van der Waals surface area contributed by atoms with E-state index in [-0.39, 0.29) is 5.91 Å². The van der Waals surface area contributed by atoms with Crippen molar-refractivity contribution in [2.24, 2.45) is 0 Å². The zero-order valence-corrected chi connectivity index (χ0v) is 15.4. The van der Waals surface area contributed by atoms with E-state index in [9.17, 15) is 4.79 Å². The van der Waals surface area contributed by atoms with Crippen LogP contribution < -0.4 is 5.32 Å². The molecule has 4 nitrogen and oxygen atoms in total. The minimum Gasteiger partial charge on any atom is -0.355 e. The number of benzene rings is 1. The Balaban J connectivity index is 1.53. The van der Waals surface area contributed by atoms with Gasteiger partial charge in [-0.2, -0.15) is 0 Å². The first-order valence-corrected chi connectivity index (χ1v) is 9.90. The standard InChI is InChI=1S/C20H25N3OS/c1-2-14-23-18-11-7-6-10-17(18)22-20(23)25-15-19(24)21-13-12-16-8-4-3-5-9-16/h2,6-8,10-11H,1,3-5,9,12-15H2,(H,21,24). The summed E-state index contributed by atoms with van der Waals surface area (Å²) in [4.78, 5) is 16.8. The number of rotatable bonds is 8. The Hall–Kier alpha value is -2.01. The van der Waals surface area contributed by atoms with Gasteiger partial charge in [-0.3, -0.25) is 4.79 Å². The third kappa shape index (κ3) is 4.75. The molecule has 2 aromatic rings. The van der Waals surface area contributed by atoms with Crippen LogP contribution in [-0.4, -0.2) is 27.8 Å². The van der Waals surface area contributed by atoms with E-state index in [1.54, 1.807) is 0 Å². The maximum atomic E-state index is 12.1. The summed E-state index contributed by atoms with van der Waals surface area (Å²) in [6.07, 6.45) is 10.1. The van der Waals surface area contributed by atoms with Crippen molar-refractivity contribution in [1.82, 2.24) is 14.9 Å². The van der Waals surface area contributed by atoms with Gasteiger partial charge in [0.15, 0.2) is 5.16 Å². The molecule has 132 valence electrons. The lowest BCUT2D eigenvalue weighted by molar-refractivity contribution is -0.118. The summed E-state index contributed by atoms with van der Waals surface area (Å²) in [7, 11) is 0. The second-order valence-electron chi connectivity index (χ2n) is 6.28. The van der Waals surface area contributed by atoms with Gasteiger partial charge in [-0.15, -0.1) is 6.58 Å². The van der Waals surface area contributed by atoms with Crippen molar-refractivity contribution in [3.05, 3.63) is 48.6 Å². The fraction of sp³-hybridized carbons (Fsp3) is 0.400. The lowest BCUT2D eigenvalue weighted by atomic mass is 9.97. The van der Waals surface area contributed by atoms with Crippen molar-refractivity contribution < 1.29 is 4.79 Å². The van der Waals surface area contributed by atoms with Gasteiger partial charge in [-0.05, 0) is 44.2 Å². The number of imidazole rings is 1. The van der Waals surface area contributed by atoms with Crippen LogP contribution >= 0.6 is 11.8 Å². The molecule has 1 heterocycles. The molecule has 0 atom stereocenters. The van der Waals surface area contributed by atoms with Gasteiger partial charge in [0.1, 0.15) is 0 Å². The van der Waals surface area contributed by atoms with Crippen LogP contribution in [0.5, 0.6) is 0 Å². The minimum absolute atomic E-state index is 0.0682. The summed E-state index contributed by atoms with van der Waals surface area (Å²) in [5.74, 6) is 0.457. The van der Waals surface area contributed by atoms with Crippen molar-refractivity contribution in [2.45, 2.75) is 43.8 Å². The number of nitrogens with zero attached hydrogens (tertiary/aromatic N) is 2. The molecule has 0 spiro atoms. The topological polar surface area (TPSA) is 46.9 Å². The highest BCUT2D eigenvalue weighted by atomic mass is 32.2. The Morgan fingerprint density at radius 3 is 3.04 bits per heavy atom. The van der Waals surface area contributed by atoms with Gasteiger partial charge in [0, 0.05) is 13.1 Å². The number of aromatic nitrogens is 2. The van der Waals surface area contributed by atoms with Gasteiger partial charge in [0.05, 0.1) is 16.8 Å².